The van der Waals surface area contributed by atoms with Gasteiger partial charge >= 0.3 is 0 Å². The molecule has 0 aliphatic rings. The molecular formula is C16H16N4O. The Hall–Kier alpha value is -2.53. The van der Waals surface area contributed by atoms with Crippen LogP contribution < -0.4 is 5.73 Å². The molecule has 106 valence electrons. The average Bonchev–Trinajstić information content (AvgIpc) is 3.03. The van der Waals surface area contributed by atoms with Crippen molar-refractivity contribution in [3.63, 3.8) is 0 Å². The molecule has 0 fully saturated rings. The third kappa shape index (κ3) is 3.32. The highest BCUT2D eigenvalue weighted by atomic mass is 16.5. The smallest absolute Gasteiger partial charge is 0.258 e. The number of nitrogens with zero attached hydrogens (tertiary/aromatic N) is 3. The lowest BCUT2D eigenvalue weighted by atomic mass is 10.1. The van der Waals surface area contributed by atoms with Gasteiger partial charge in [0.05, 0.1) is 5.69 Å². The van der Waals surface area contributed by atoms with Gasteiger partial charge in [-0.3, -0.25) is 4.98 Å². The molecule has 0 radical (unpaired) electrons. The predicted octanol–water partition coefficient (Wildman–Crippen LogP) is 2.38. The first-order valence-corrected chi connectivity index (χ1v) is 6.87. The summed E-state index contributed by atoms with van der Waals surface area (Å²) in [6, 6.07) is 14.0. The molecule has 2 N–H and O–H groups in total. The summed E-state index contributed by atoms with van der Waals surface area (Å²) in [5.41, 5.74) is 8.50. The van der Waals surface area contributed by atoms with Crippen LogP contribution in [0.4, 0.5) is 0 Å². The molecule has 0 unspecified atom stereocenters. The molecule has 3 aromatic rings. The van der Waals surface area contributed by atoms with Crippen LogP contribution in [0.25, 0.3) is 11.5 Å². The second-order valence-electron chi connectivity index (χ2n) is 4.74. The summed E-state index contributed by atoms with van der Waals surface area (Å²) >= 11 is 0. The number of nitrogens with two attached hydrogens (primary N) is 1. The summed E-state index contributed by atoms with van der Waals surface area (Å²) < 4.78 is 5.31. The predicted molar refractivity (Wildman–Crippen MR) is 79.3 cm³/mol. The average molecular weight is 280 g/mol. The Kier molecular flexibility index (Phi) is 4.02. The molecule has 0 amide bonds. The Bertz CT molecular complexity index is 709. The van der Waals surface area contributed by atoms with Crippen molar-refractivity contribution in [3.05, 3.63) is 65.7 Å². The monoisotopic (exact) mass is 280 g/mol. The molecular weight excluding hydrogens is 264 g/mol. The van der Waals surface area contributed by atoms with E-state index in [2.05, 4.69) is 27.3 Å². The van der Waals surface area contributed by atoms with Crippen LogP contribution in [0, 0.1) is 0 Å². The van der Waals surface area contributed by atoms with E-state index in [0.717, 1.165) is 24.1 Å². The van der Waals surface area contributed by atoms with Gasteiger partial charge in [0.15, 0.2) is 5.82 Å². The fourth-order valence-corrected chi connectivity index (χ4v) is 2.10. The Labute approximate surface area is 122 Å². The highest BCUT2D eigenvalue weighted by Gasteiger charge is 2.09. The van der Waals surface area contributed by atoms with Crippen LogP contribution in [-0.4, -0.2) is 15.1 Å². The maximum absolute atomic E-state index is 5.58. The first-order valence-electron chi connectivity index (χ1n) is 6.87. The van der Waals surface area contributed by atoms with Crippen molar-refractivity contribution < 1.29 is 4.52 Å². The lowest BCUT2D eigenvalue weighted by Crippen LogP contribution is -1.99. The molecule has 0 atom stereocenters. The molecule has 2 heterocycles. The van der Waals surface area contributed by atoms with Crippen LogP contribution in [0.1, 0.15) is 17.1 Å². The molecule has 21 heavy (non-hydrogen) atoms. The molecule has 3 rings (SSSR count). The van der Waals surface area contributed by atoms with Gasteiger partial charge < -0.3 is 10.3 Å². The van der Waals surface area contributed by atoms with E-state index in [1.165, 1.54) is 5.56 Å². The van der Waals surface area contributed by atoms with E-state index in [-0.39, 0.29) is 0 Å². The second kappa shape index (κ2) is 6.28. The SMILES string of the molecule is NCc1cc(-c2nc(CCc3ccccc3)no2)ccn1. The molecule has 5 heteroatoms. The maximum Gasteiger partial charge on any atom is 0.258 e. The Morgan fingerprint density at radius 1 is 1.05 bits per heavy atom. The molecule has 2 aromatic heterocycles. The summed E-state index contributed by atoms with van der Waals surface area (Å²) in [5.74, 6) is 1.22. The third-order valence-corrected chi connectivity index (χ3v) is 3.22. The second-order valence-corrected chi connectivity index (χ2v) is 4.74. The van der Waals surface area contributed by atoms with Gasteiger partial charge in [-0.05, 0) is 24.1 Å². The summed E-state index contributed by atoms with van der Waals surface area (Å²) in [7, 11) is 0. The van der Waals surface area contributed by atoms with Gasteiger partial charge in [-0.25, -0.2) is 0 Å². The Morgan fingerprint density at radius 3 is 2.71 bits per heavy atom. The van der Waals surface area contributed by atoms with Crippen molar-refractivity contribution in [2.45, 2.75) is 19.4 Å². The molecule has 0 spiro atoms. The first-order chi connectivity index (χ1) is 10.3. The largest absolute Gasteiger partial charge is 0.334 e. The fraction of sp³-hybridized carbons (Fsp3) is 0.188. The normalized spacial score (nSPS) is 10.7. The molecule has 0 saturated carbocycles. The van der Waals surface area contributed by atoms with Crippen molar-refractivity contribution >= 4 is 0 Å². The van der Waals surface area contributed by atoms with Gasteiger partial charge in [0, 0.05) is 24.7 Å². The van der Waals surface area contributed by atoms with Gasteiger partial charge in [-0.2, -0.15) is 4.98 Å². The minimum absolute atomic E-state index is 0.392. The van der Waals surface area contributed by atoms with Gasteiger partial charge in [0.2, 0.25) is 0 Å². The Morgan fingerprint density at radius 2 is 1.90 bits per heavy atom. The highest BCUT2D eigenvalue weighted by Crippen LogP contribution is 2.17. The van der Waals surface area contributed by atoms with Gasteiger partial charge in [0.1, 0.15) is 0 Å². The first kappa shape index (κ1) is 13.5. The van der Waals surface area contributed by atoms with Crippen LogP contribution in [0.15, 0.2) is 53.2 Å². The summed E-state index contributed by atoms with van der Waals surface area (Å²) in [4.78, 5) is 8.58. The van der Waals surface area contributed by atoms with E-state index in [9.17, 15) is 0 Å². The standard InChI is InChI=1S/C16H16N4O/c17-11-14-10-13(8-9-18-14)16-19-15(20-21-16)7-6-12-4-2-1-3-5-12/h1-5,8-10H,6-7,11,17H2. The zero-order chi connectivity index (χ0) is 14.5. The number of pyridine rings is 1. The molecule has 5 nitrogen and oxygen atoms in total. The van der Waals surface area contributed by atoms with E-state index >= 15 is 0 Å². The highest BCUT2D eigenvalue weighted by molar-refractivity contribution is 5.52. The minimum Gasteiger partial charge on any atom is -0.334 e. The topological polar surface area (TPSA) is 77.8 Å². The van der Waals surface area contributed by atoms with Crippen LogP contribution in [-0.2, 0) is 19.4 Å². The van der Waals surface area contributed by atoms with Gasteiger partial charge in [-0.15, -0.1) is 0 Å². The van der Waals surface area contributed by atoms with Crippen molar-refractivity contribution in [2.75, 3.05) is 0 Å². The van der Waals surface area contributed by atoms with Crippen LogP contribution >= 0.6 is 0 Å². The van der Waals surface area contributed by atoms with E-state index in [1.54, 1.807) is 6.20 Å². The zero-order valence-electron chi connectivity index (χ0n) is 11.6. The molecule has 0 saturated heterocycles. The Balaban J connectivity index is 1.71. The number of hydrogen-bond donors (Lipinski definition) is 1. The maximum atomic E-state index is 5.58. The number of hydrogen-bond acceptors (Lipinski definition) is 5. The third-order valence-electron chi connectivity index (χ3n) is 3.22. The van der Waals surface area contributed by atoms with E-state index in [1.807, 2.05) is 30.3 Å². The van der Waals surface area contributed by atoms with Crippen molar-refractivity contribution in [2.24, 2.45) is 5.73 Å². The van der Waals surface area contributed by atoms with E-state index in [4.69, 9.17) is 10.3 Å². The van der Waals surface area contributed by atoms with Crippen LogP contribution in [0.2, 0.25) is 0 Å². The minimum atomic E-state index is 0.392. The van der Waals surface area contributed by atoms with E-state index in [0.29, 0.717) is 18.3 Å². The zero-order valence-corrected chi connectivity index (χ0v) is 11.6. The lowest BCUT2D eigenvalue weighted by Gasteiger charge is -1.97. The molecule has 1 aromatic carbocycles. The number of benzene rings is 1. The summed E-state index contributed by atoms with van der Waals surface area (Å²) in [6.45, 7) is 0.392. The van der Waals surface area contributed by atoms with E-state index < -0.39 is 0 Å². The quantitative estimate of drug-likeness (QED) is 0.776. The van der Waals surface area contributed by atoms with Gasteiger partial charge in [0.25, 0.3) is 5.89 Å². The summed E-state index contributed by atoms with van der Waals surface area (Å²) in [6.07, 6.45) is 3.35. The number of aromatic nitrogens is 3. The molecule has 0 aliphatic heterocycles. The molecule has 0 aliphatic carbocycles. The van der Waals surface area contributed by atoms with Crippen molar-refractivity contribution in [3.8, 4) is 11.5 Å². The van der Waals surface area contributed by atoms with Crippen molar-refractivity contribution in [1.29, 1.82) is 0 Å². The number of aryl methyl sites for hydroxylation is 2. The number of rotatable bonds is 5. The summed E-state index contributed by atoms with van der Waals surface area (Å²) in [5, 5.41) is 4.03. The lowest BCUT2D eigenvalue weighted by molar-refractivity contribution is 0.422. The van der Waals surface area contributed by atoms with Crippen LogP contribution in [0.5, 0.6) is 0 Å². The van der Waals surface area contributed by atoms with Crippen LogP contribution in [0.3, 0.4) is 0 Å². The fourth-order valence-electron chi connectivity index (χ4n) is 2.10. The van der Waals surface area contributed by atoms with Gasteiger partial charge in [-0.1, -0.05) is 35.5 Å². The molecule has 0 bridgehead atoms. The van der Waals surface area contributed by atoms with Crippen molar-refractivity contribution in [1.82, 2.24) is 15.1 Å².